The predicted molar refractivity (Wildman–Crippen MR) is 130 cm³/mol. The number of nitrogens with one attached hydrogen (secondary N) is 1. The third kappa shape index (κ3) is 6.08. The first-order chi connectivity index (χ1) is 18.0. The van der Waals surface area contributed by atoms with Crippen molar-refractivity contribution < 1.29 is 41.4 Å². The van der Waals surface area contributed by atoms with Crippen molar-refractivity contribution in [1.82, 2.24) is 10.2 Å². The fourth-order valence-corrected chi connectivity index (χ4v) is 4.62. The molecule has 2 amide bonds. The Balaban J connectivity index is 1.45. The molecule has 2 heterocycles. The summed E-state index contributed by atoms with van der Waals surface area (Å²) < 4.78 is 39.2. The van der Waals surface area contributed by atoms with Gasteiger partial charge in [0.15, 0.2) is 18.1 Å². The number of benzene rings is 2. The molecule has 0 aliphatic carbocycles. The highest BCUT2D eigenvalue weighted by Gasteiger charge is 2.54. The highest BCUT2D eigenvalue weighted by atomic mass is 32.2. The number of ether oxygens (including phenoxy) is 2. The molecule has 2 aliphatic rings. The number of allylic oxidation sites excluding steroid dienone is 1. The minimum atomic E-state index is -4.02. The van der Waals surface area contributed by atoms with E-state index < -0.39 is 44.9 Å². The van der Waals surface area contributed by atoms with Gasteiger partial charge < -0.3 is 19.0 Å². The highest BCUT2D eigenvalue weighted by Crippen LogP contribution is 2.38. The maximum atomic E-state index is 13.0. The lowest BCUT2D eigenvalue weighted by molar-refractivity contribution is -0.384. The van der Waals surface area contributed by atoms with E-state index in [1.165, 1.54) is 24.3 Å². The van der Waals surface area contributed by atoms with Gasteiger partial charge in [0.05, 0.1) is 17.2 Å². The van der Waals surface area contributed by atoms with E-state index in [2.05, 4.69) is 5.32 Å². The summed E-state index contributed by atoms with van der Waals surface area (Å²) in [4.78, 5) is 49.6. The van der Waals surface area contributed by atoms with Crippen molar-refractivity contribution in [2.75, 3.05) is 12.9 Å². The molecule has 13 nitrogen and oxygen atoms in total. The number of carbonyl (C=O) groups is 3. The lowest BCUT2D eigenvalue weighted by Crippen LogP contribution is -2.72. The summed E-state index contributed by atoms with van der Waals surface area (Å²) in [7, 11) is -4.02. The van der Waals surface area contributed by atoms with Crippen LogP contribution < -0.4 is 10.1 Å². The van der Waals surface area contributed by atoms with Gasteiger partial charge in [-0.2, -0.15) is 8.42 Å². The number of nitro groups is 1. The maximum absolute atomic E-state index is 13.0. The van der Waals surface area contributed by atoms with Crippen molar-refractivity contribution in [2.45, 2.75) is 31.5 Å². The Bertz CT molecular complexity index is 1390. The van der Waals surface area contributed by atoms with E-state index in [0.29, 0.717) is 11.3 Å². The molecule has 38 heavy (non-hydrogen) atoms. The summed E-state index contributed by atoms with van der Waals surface area (Å²) in [6, 6.07) is 12.3. The summed E-state index contributed by atoms with van der Waals surface area (Å²) >= 11 is 0. The van der Waals surface area contributed by atoms with Gasteiger partial charge in [-0.25, -0.2) is 4.79 Å². The number of amides is 2. The summed E-state index contributed by atoms with van der Waals surface area (Å²) in [6.07, 6.45) is 1.02. The average molecular weight is 546 g/mol. The van der Waals surface area contributed by atoms with Gasteiger partial charge in [-0.15, -0.1) is 0 Å². The number of non-ortho nitro benzene ring substituents is 1. The van der Waals surface area contributed by atoms with Gasteiger partial charge in [-0.1, -0.05) is 18.2 Å². The van der Waals surface area contributed by atoms with Crippen LogP contribution in [0.4, 0.5) is 5.69 Å². The zero-order valence-electron chi connectivity index (χ0n) is 20.1. The van der Waals surface area contributed by atoms with E-state index in [4.69, 9.17) is 13.7 Å². The molecule has 2 aliphatic heterocycles. The van der Waals surface area contributed by atoms with Gasteiger partial charge in [0.1, 0.15) is 18.4 Å². The SMILES string of the molecule is CS(=O)(=O)OC1=C(C(=O)OCc2ccc([N+](=O)[O-])cc2)N2C(=O)[C@@H](NC(=O)COc3ccccc3)[C@@H]2CC1. The zero-order valence-corrected chi connectivity index (χ0v) is 20.9. The van der Waals surface area contributed by atoms with E-state index in [-0.39, 0.29) is 43.2 Å². The minimum absolute atomic E-state index is 0.00360. The van der Waals surface area contributed by atoms with Gasteiger partial charge in [-0.05, 0) is 36.2 Å². The molecule has 0 radical (unpaired) electrons. The number of nitrogens with zero attached hydrogens (tertiary/aromatic N) is 2. The van der Waals surface area contributed by atoms with Crippen LogP contribution in [0.25, 0.3) is 0 Å². The molecular weight excluding hydrogens is 522 g/mol. The molecule has 0 saturated carbocycles. The Labute approximate surface area is 217 Å². The molecule has 2 aromatic rings. The summed E-state index contributed by atoms with van der Waals surface area (Å²) in [5, 5.41) is 13.4. The first-order valence-electron chi connectivity index (χ1n) is 11.4. The Morgan fingerprint density at radius 2 is 1.82 bits per heavy atom. The number of carbonyl (C=O) groups excluding carboxylic acids is 3. The van der Waals surface area contributed by atoms with E-state index in [1.54, 1.807) is 30.3 Å². The standard InChI is InChI=1S/C24H23N3O10S/c1-38(33,34)37-19-12-11-18-21(25-20(28)14-35-17-5-3-2-4-6-17)23(29)26(18)22(19)24(30)36-13-15-7-9-16(10-8-15)27(31)32/h2-10,18,21H,11-14H2,1H3,(H,25,28)/t18-,21-/m0/s1. The third-order valence-corrected chi connectivity index (χ3v) is 6.29. The van der Waals surface area contributed by atoms with E-state index >= 15 is 0 Å². The van der Waals surface area contributed by atoms with Crippen LogP contribution in [0, 0.1) is 10.1 Å². The summed E-state index contributed by atoms with van der Waals surface area (Å²) in [5.41, 5.74) is -0.0826. The number of hydrogen-bond donors (Lipinski definition) is 1. The quantitative estimate of drug-likeness (QED) is 0.151. The number of fused-ring (bicyclic) bond motifs is 1. The summed E-state index contributed by atoms with van der Waals surface area (Å²) in [6.45, 7) is -0.626. The number of hydrogen-bond acceptors (Lipinski definition) is 10. The van der Waals surface area contributed by atoms with Crippen molar-refractivity contribution in [3.05, 3.63) is 81.7 Å². The molecule has 1 fully saturated rings. The predicted octanol–water partition coefficient (Wildman–Crippen LogP) is 1.39. The van der Waals surface area contributed by atoms with Crippen LogP contribution in [-0.2, 0) is 40.0 Å². The number of esters is 1. The van der Waals surface area contributed by atoms with Gasteiger partial charge in [0.2, 0.25) is 0 Å². The molecular formula is C24H23N3O10S. The van der Waals surface area contributed by atoms with Crippen LogP contribution in [0.3, 0.4) is 0 Å². The number of rotatable bonds is 10. The second kappa shape index (κ2) is 10.9. The fourth-order valence-electron chi connectivity index (χ4n) is 4.09. The van der Waals surface area contributed by atoms with Crippen LogP contribution in [0.2, 0.25) is 0 Å². The molecule has 0 bridgehead atoms. The molecule has 1 N–H and O–H groups in total. The Kier molecular flexibility index (Phi) is 7.62. The molecule has 0 aromatic heterocycles. The van der Waals surface area contributed by atoms with Crippen molar-refractivity contribution in [2.24, 2.45) is 0 Å². The smallest absolute Gasteiger partial charge is 0.358 e. The maximum Gasteiger partial charge on any atom is 0.358 e. The number of β-lactam (4-membered cyclic amide) rings is 1. The van der Waals surface area contributed by atoms with E-state index in [1.807, 2.05) is 0 Å². The van der Waals surface area contributed by atoms with Crippen LogP contribution in [0.5, 0.6) is 5.75 Å². The van der Waals surface area contributed by atoms with Crippen molar-refractivity contribution in [3.63, 3.8) is 0 Å². The molecule has 1 saturated heterocycles. The second-order valence-corrected chi connectivity index (χ2v) is 10.1. The first kappa shape index (κ1) is 26.6. The molecule has 0 unspecified atom stereocenters. The van der Waals surface area contributed by atoms with Crippen molar-refractivity contribution in [1.29, 1.82) is 0 Å². The molecule has 2 atom stereocenters. The van der Waals surface area contributed by atoms with Crippen molar-refractivity contribution in [3.8, 4) is 5.75 Å². The van der Waals surface area contributed by atoms with E-state index in [0.717, 1.165) is 11.2 Å². The molecule has 14 heteroatoms. The lowest BCUT2D eigenvalue weighted by atomic mass is 9.86. The van der Waals surface area contributed by atoms with Crippen molar-refractivity contribution >= 4 is 33.6 Å². The normalized spacial score (nSPS) is 18.7. The molecule has 2 aromatic carbocycles. The Morgan fingerprint density at radius 1 is 1.13 bits per heavy atom. The van der Waals surface area contributed by atoms with Crippen LogP contribution in [0.15, 0.2) is 66.1 Å². The topological polar surface area (TPSA) is 171 Å². The average Bonchev–Trinajstić information content (AvgIpc) is 2.88. The molecule has 4 rings (SSSR count). The van der Waals surface area contributed by atoms with Gasteiger partial charge in [0.25, 0.3) is 17.5 Å². The van der Waals surface area contributed by atoms with Gasteiger partial charge in [-0.3, -0.25) is 24.6 Å². The first-order valence-corrected chi connectivity index (χ1v) is 13.2. The second-order valence-electron chi connectivity index (χ2n) is 8.52. The van der Waals surface area contributed by atoms with E-state index in [9.17, 15) is 32.9 Å². The number of para-hydroxylation sites is 1. The van der Waals surface area contributed by atoms with Crippen LogP contribution >= 0.6 is 0 Å². The van der Waals surface area contributed by atoms with Gasteiger partial charge in [0, 0.05) is 18.6 Å². The van der Waals surface area contributed by atoms with Crippen LogP contribution in [0.1, 0.15) is 18.4 Å². The minimum Gasteiger partial charge on any atom is -0.484 e. The highest BCUT2D eigenvalue weighted by molar-refractivity contribution is 7.86. The summed E-state index contributed by atoms with van der Waals surface area (Å²) in [5.74, 6) is -1.97. The Morgan fingerprint density at radius 3 is 2.45 bits per heavy atom. The largest absolute Gasteiger partial charge is 0.484 e. The third-order valence-electron chi connectivity index (χ3n) is 5.78. The lowest BCUT2D eigenvalue weighted by Gasteiger charge is -2.49. The molecule has 0 spiro atoms. The zero-order chi connectivity index (χ0) is 27.4. The fraction of sp³-hybridized carbons (Fsp3) is 0.292. The Hall–Kier alpha value is -4.46. The van der Waals surface area contributed by atoms with Crippen LogP contribution in [-0.4, -0.2) is 61.0 Å². The number of nitro benzene ring substituents is 1. The monoisotopic (exact) mass is 545 g/mol. The van der Waals surface area contributed by atoms with Gasteiger partial charge >= 0.3 is 16.1 Å². The molecule has 200 valence electrons.